The van der Waals surface area contributed by atoms with Gasteiger partial charge in [-0.2, -0.15) is 0 Å². The highest BCUT2D eigenvalue weighted by atomic mass is 16.5. The molecule has 1 aliphatic carbocycles. The minimum atomic E-state index is -0.239. The summed E-state index contributed by atoms with van der Waals surface area (Å²) in [5, 5.41) is 13.0. The molecule has 0 aromatic rings. The second-order valence-corrected chi connectivity index (χ2v) is 6.14. The summed E-state index contributed by atoms with van der Waals surface area (Å²) in [6.45, 7) is 5.67. The van der Waals surface area contributed by atoms with Gasteiger partial charge in [-0.25, -0.2) is 0 Å². The van der Waals surface area contributed by atoms with Crippen molar-refractivity contribution in [2.75, 3.05) is 13.1 Å². The van der Waals surface area contributed by atoms with Crippen molar-refractivity contribution in [2.24, 2.45) is 5.92 Å². The molecule has 1 heterocycles. The molecule has 2 atom stereocenters. The van der Waals surface area contributed by atoms with Crippen LogP contribution in [-0.4, -0.2) is 36.0 Å². The van der Waals surface area contributed by atoms with Crippen molar-refractivity contribution in [2.45, 2.75) is 70.2 Å². The monoisotopic (exact) mass is 241 g/mol. The van der Waals surface area contributed by atoms with E-state index in [-0.39, 0.29) is 11.7 Å². The van der Waals surface area contributed by atoms with Crippen molar-refractivity contribution in [3.63, 3.8) is 0 Å². The van der Waals surface area contributed by atoms with Crippen molar-refractivity contribution in [1.82, 2.24) is 5.32 Å². The molecule has 1 aliphatic heterocycles. The summed E-state index contributed by atoms with van der Waals surface area (Å²) in [6.07, 6.45) is 7.76. The Morgan fingerprint density at radius 2 is 2.00 bits per heavy atom. The molecule has 3 heteroatoms. The second kappa shape index (κ2) is 5.68. The van der Waals surface area contributed by atoms with Crippen LogP contribution in [0.4, 0.5) is 0 Å². The van der Waals surface area contributed by atoms with Crippen LogP contribution in [0.15, 0.2) is 0 Å². The van der Waals surface area contributed by atoms with Crippen molar-refractivity contribution >= 4 is 0 Å². The summed E-state index contributed by atoms with van der Waals surface area (Å²) in [6, 6.07) is 0. The molecule has 1 saturated carbocycles. The summed E-state index contributed by atoms with van der Waals surface area (Å²) in [4.78, 5) is 0. The predicted octanol–water partition coefficient (Wildman–Crippen LogP) is 2.08. The lowest BCUT2D eigenvalue weighted by Gasteiger charge is -2.24. The van der Waals surface area contributed by atoms with E-state index in [1.54, 1.807) is 0 Å². The highest BCUT2D eigenvalue weighted by Crippen LogP contribution is 2.43. The molecule has 2 N–H and O–H groups in total. The predicted molar refractivity (Wildman–Crippen MR) is 69.0 cm³/mol. The first-order valence-corrected chi connectivity index (χ1v) is 7.18. The molecule has 0 amide bonds. The van der Waals surface area contributed by atoms with Crippen LogP contribution in [0.2, 0.25) is 0 Å². The van der Waals surface area contributed by atoms with Gasteiger partial charge in [0, 0.05) is 13.1 Å². The standard InChI is InChI=1S/C14H27NO2/c1-11(2)13(16)10-15-9-12-5-8-14(17-12)6-3-4-7-14/h11-13,15-16H,3-10H2,1-2H3. The Balaban J connectivity index is 1.65. The van der Waals surface area contributed by atoms with Crippen LogP contribution in [-0.2, 0) is 4.74 Å². The van der Waals surface area contributed by atoms with E-state index in [0.717, 1.165) is 6.54 Å². The van der Waals surface area contributed by atoms with E-state index >= 15 is 0 Å². The maximum atomic E-state index is 9.70. The third-order valence-electron chi connectivity index (χ3n) is 4.35. The summed E-state index contributed by atoms with van der Waals surface area (Å²) in [5.41, 5.74) is 0.239. The zero-order valence-corrected chi connectivity index (χ0v) is 11.2. The lowest BCUT2D eigenvalue weighted by molar-refractivity contribution is -0.0359. The quantitative estimate of drug-likeness (QED) is 0.774. The van der Waals surface area contributed by atoms with Gasteiger partial charge in [0.15, 0.2) is 0 Å². The van der Waals surface area contributed by atoms with Gasteiger partial charge < -0.3 is 15.2 Å². The molecule has 17 heavy (non-hydrogen) atoms. The lowest BCUT2D eigenvalue weighted by atomic mass is 9.98. The molecule has 1 saturated heterocycles. The van der Waals surface area contributed by atoms with Gasteiger partial charge in [-0.05, 0) is 31.6 Å². The maximum absolute atomic E-state index is 9.70. The van der Waals surface area contributed by atoms with Crippen LogP contribution in [0, 0.1) is 5.92 Å². The third-order valence-corrected chi connectivity index (χ3v) is 4.35. The van der Waals surface area contributed by atoms with Crippen LogP contribution >= 0.6 is 0 Å². The zero-order valence-electron chi connectivity index (χ0n) is 11.2. The Bertz CT molecular complexity index is 236. The first-order chi connectivity index (χ1) is 8.11. The van der Waals surface area contributed by atoms with Crippen LogP contribution in [0.1, 0.15) is 52.4 Å². The van der Waals surface area contributed by atoms with Crippen molar-refractivity contribution in [1.29, 1.82) is 0 Å². The summed E-state index contributed by atoms with van der Waals surface area (Å²) < 4.78 is 6.21. The van der Waals surface area contributed by atoms with E-state index in [1.165, 1.54) is 38.5 Å². The topological polar surface area (TPSA) is 41.5 Å². The average molecular weight is 241 g/mol. The van der Waals surface area contributed by atoms with Gasteiger partial charge >= 0.3 is 0 Å². The van der Waals surface area contributed by atoms with Gasteiger partial charge in [-0.1, -0.05) is 26.7 Å². The van der Waals surface area contributed by atoms with E-state index in [0.29, 0.717) is 18.6 Å². The first-order valence-electron chi connectivity index (χ1n) is 7.18. The fourth-order valence-corrected chi connectivity index (χ4v) is 3.05. The summed E-state index contributed by atoms with van der Waals surface area (Å²) >= 11 is 0. The van der Waals surface area contributed by atoms with Crippen molar-refractivity contribution < 1.29 is 9.84 Å². The first kappa shape index (κ1) is 13.3. The van der Waals surface area contributed by atoms with Gasteiger partial charge in [-0.3, -0.25) is 0 Å². The molecule has 3 nitrogen and oxygen atoms in total. The molecule has 2 fully saturated rings. The van der Waals surface area contributed by atoms with E-state index in [4.69, 9.17) is 4.74 Å². The van der Waals surface area contributed by atoms with Gasteiger partial charge in [0.1, 0.15) is 0 Å². The molecule has 0 aromatic heterocycles. The third kappa shape index (κ3) is 3.43. The molecule has 0 bridgehead atoms. The molecule has 2 unspecified atom stereocenters. The second-order valence-electron chi connectivity index (χ2n) is 6.14. The van der Waals surface area contributed by atoms with Gasteiger partial charge in [0.25, 0.3) is 0 Å². The lowest BCUT2D eigenvalue weighted by Crippen LogP contribution is -2.36. The number of aliphatic hydroxyl groups excluding tert-OH is 1. The molecule has 2 rings (SSSR count). The SMILES string of the molecule is CC(C)C(O)CNCC1CCC2(CCCC2)O1. The molecule has 2 aliphatic rings. The highest BCUT2D eigenvalue weighted by Gasteiger charge is 2.41. The molecular formula is C14H27NO2. The van der Waals surface area contributed by atoms with E-state index in [1.807, 2.05) is 13.8 Å². The number of rotatable bonds is 5. The van der Waals surface area contributed by atoms with Gasteiger partial charge in [0.05, 0.1) is 17.8 Å². The fraction of sp³-hybridized carbons (Fsp3) is 1.00. The number of hydrogen-bond acceptors (Lipinski definition) is 3. The highest BCUT2D eigenvalue weighted by molar-refractivity contribution is 4.93. The molecular weight excluding hydrogens is 214 g/mol. The summed E-state index contributed by atoms with van der Waals surface area (Å²) in [7, 11) is 0. The smallest absolute Gasteiger partial charge is 0.0708 e. The number of hydrogen-bond donors (Lipinski definition) is 2. The molecule has 0 radical (unpaired) electrons. The van der Waals surface area contributed by atoms with E-state index < -0.39 is 0 Å². The van der Waals surface area contributed by atoms with Crippen molar-refractivity contribution in [3.05, 3.63) is 0 Å². The normalized spacial score (nSPS) is 29.3. The van der Waals surface area contributed by atoms with Crippen LogP contribution in [0.5, 0.6) is 0 Å². The number of nitrogens with one attached hydrogen (secondary N) is 1. The van der Waals surface area contributed by atoms with Crippen LogP contribution < -0.4 is 5.32 Å². The van der Waals surface area contributed by atoms with Crippen LogP contribution in [0.3, 0.4) is 0 Å². The Morgan fingerprint density at radius 3 is 2.65 bits per heavy atom. The van der Waals surface area contributed by atoms with Crippen LogP contribution in [0.25, 0.3) is 0 Å². The fourth-order valence-electron chi connectivity index (χ4n) is 3.05. The average Bonchev–Trinajstić information content (AvgIpc) is 2.90. The molecule has 0 aromatic carbocycles. The Hall–Kier alpha value is -0.120. The van der Waals surface area contributed by atoms with Crippen molar-refractivity contribution in [3.8, 4) is 0 Å². The maximum Gasteiger partial charge on any atom is 0.0708 e. The minimum absolute atomic E-state index is 0.239. The zero-order chi connectivity index (χ0) is 12.3. The number of ether oxygens (including phenoxy) is 1. The van der Waals surface area contributed by atoms with E-state index in [9.17, 15) is 5.11 Å². The van der Waals surface area contributed by atoms with Gasteiger partial charge in [-0.15, -0.1) is 0 Å². The summed E-state index contributed by atoms with van der Waals surface area (Å²) in [5.74, 6) is 0.327. The minimum Gasteiger partial charge on any atom is -0.392 e. The van der Waals surface area contributed by atoms with E-state index in [2.05, 4.69) is 5.32 Å². The van der Waals surface area contributed by atoms with Gasteiger partial charge in [0.2, 0.25) is 0 Å². The molecule has 1 spiro atoms. The Kier molecular flexibility index (Phi) is 4.45. The Morgan fingerprint density at radius 1 is 1.29 bits per heavy atom. The largest absolute Gasteiger partial charge is 0.392 e. The molecule has 100 valence electrons. The Labute approximate surface area is 105 Å². The number of aliphatic hydroxyl groups is 1.